The number of carbonyl (C=O) groups excluding carboxylic acids is 1. The summed E-state index contributed by atoms with van der Waals surface area (Å²) in [5.41, 5.74) is 0.163. The van der Waals surface area contributed by atoms with E-state index in [1.165, 1.54) is 12.5 Å². The SMILES string of the molecule is O=C(O)c1ccc2ccccc2c1C(=O)OC1CCCCC1. The summed E-state index contributed by atoms with van der Waals surface area (Å²) in [6, 6.07) is 10.5. The summed E-state index contributed by atoms with van der Waals surface area (Å²) in [5, 5.41) is 10.8. The van der Waals surface area contributed by atoms with Crippen LogP contribution in [0, 0.1) is 0 Å². The molecule has 1 saturated carbocycles. The van der Waals surface area contributed by atoms with Crippen molar-refractivity contribution >= 4 is 22.7 Å². The Morgan fingerprint density at radius 1 is 1.00 bits per heavy atom. The monoisotopic (exact) mass is 298 g/mol. The van der Waals surface area contributed by atoms with Crippen molar-refractivity contribution < 1.29 is 19.4 Å². The van der Waals surface area contributed by atoms with Crippen LogP contribution in [0.2, 0.25) is 0 Å². The number of rotatable bonds is 3. The Kier molecular flexibility index (Phi) is 4.09. The number of ether oxygens (including phenoxy) is 1. The second-order valence-corrected chi connectivity index (χ2v) is 5.68. The van der Waals surface area contributed by atoms with E-state index in [9.17, 15) is 14.7 Å². The van der Waals surface area contributed by atoms with Crippen LogP contribution in [0.25, 0.3) is 10.8 Å². The Bertz CT molecular complexity index is 714. The molecule has 4 nitrogen and oxygen atoms in total. The van der Waals surface area contributed by atoms with Gasteiger partial charge in [0.2, 0.25) is 0 Å². The lowest BCUT2D eigenvalue weighted by atomic mass is 9.96. The number of hydrogen-bond acceptors (Lipinski definition) is 3. The van der Waals surface area contributed by atoms with E-state index < -0.39 is 11.9 Å². The first-order chi connectivity index (χ1) is 10.7. The Morgan fingerprint density at radius 3 is 2.45 bits per heavy atom. The van der Waals surface area contributed by atoms with Crippen LogP contribution in [-0.4, -0.2) is 23.1 Å². The molecular formula is C18H18O4. The summed E-state index contributed by atoms with van der Waals surface area (Å²) in [6.45, 7) is 0. The van der Waals surface area contributed by atoms with Gasteiger partial charge in [-0.05, 0) is 42.5 Å². The number of hydrogen-bond donors (Lipinski definition) is 1. The third-order valence-corrected chi connectivity index (χ3v) is 4.19. The summed E-state index contributed by atoms with van der Waals surface area (Å²) in [6.07, 6.45) is 4.90. The number of aromatic carboxylic acids is 1. The summed E-state index contributed by atoms with van der Waals surface area (Å²) in [7, 11) is 0. The fourth-order valence-corrected chi connectivity index (χ4v) is 3.06. The predicted octanol–water partition coefficient (Wildman–Crippen LogP) is 4.03. The van der Waals surface area contributed by atoms with E-state index in [2.05, 4.69) is 0 Å². The molecule has 0 bridgehead atoms. The van der Waals surface area contributed by atoms with Gasteiger partial charge in [-0.3, -0.25) is 0 Å². The molecule has 0 spiro atoms. The molecule has 1 aliphatic carbocycles. The minimum atomic E-state index is -1.11. The summed E-state index contributed by atoms with van der Waals surface area (Å²) in [4.78, 5) is 24.0. The van der Waals surface area contributed by atoms with Crippen LogP contribution in [-0.2, 0) is 4.74 Å². The predicted molar refractivity (Wildman–Crippen MR) is 83.2 cm³/mol. The van der Waals surface area contributed by atoms with Crippen LogP contribution in [0.15, 0.2) is 36.4 Å². The first kappa shape index (κ1) is 14.6. The van der Waals surface area contributed by atoms with Gasteiger partial charge in [-0.15, -0.1) is 0 Å². The number of carboxylic acid groups (broad SMARTS) is 1. The molecule has 0 radical (unpaired) electrons. The van der Waals surface area contributed by atoms with Crippen LogP contribution < -0.4 is 0 Å². The van der Waals surface area contributed by atoms with Crippen LogP contribution in [0.4, 0.5) is 0 Å². The smallest absolute Gasteiger partial charge is 0.339 e. The van der Waals surface area contributed by atoms with Gasteiger partial charge in [0.15, 0.2) is 0 Å². The Morgan fingerprint density at radius 2 is 1.73 bits per heavy atom. The normalized spacial score (nSPS) is 15.6. The summed E-state index contributed by atoms with van der Waals surface area (Å²) < 4.78 is 5.57. The highest BCUT2D eigenvalue weighted by atomic mass is 16.5. The molecule has 0 heterocycles. The highest BCUT2D eigenvalue weighted by molar-refractivity contribution is 6.12. The van der Waals surface area contributed by atoms with E-state index in [4.69, 9.17) is 4.74 Å². The average molecular weight is 298 g/mol. The van der Waals surface area contributed by atoms with E-state index in [1.54, 1.807) is 18.2 Å². The van der Waals surface area contributed by atoms with Crippen molar-refractivity contribution in [3.63, 3.8) is 0 Å². The maximum absolute atomic E-state index is 12.6. The van der Waals surface area contributed by atoms with Gasteiger partial charge in [0.05, 0.1) is 11.1 Å². The summed E-state index contributed by atoms with van der Waals surface area (Å²) >= 11 is 0. The van der Waals surface area contributed by atoms with E-state index in [0.717, 1.165) is 31.1 Å². The number of esters is 1. The van der Waals surface area contributed by atoms with Gasteiger partial charge < -0.3 is 9.84 Å². The third kappa shape index (κ3) is 2.82. The first-order valence-corrected chi connectivity index (χ1v) is 7.63. The van der Waals surface area contributed by atoms with Crippen molar-refractivity contribution in [2.24, 2.45) is 0 Å². The first-order valence-electron chi connectivity index (χ1n) is 7.63. The van der Waals surface area contributed by atoms with E-state index in [-0.39, 0.29) is 17.2 Å². The molecule has 2 aromatic rings. The second kappa shape index (κ2) is 6.18. The van der Waals surface area contributed by atoms with Gasteiger partial charge in [0, 0.05) is 0 Å². The fourth-order valence-electron chi connectivity index (χ4n) is 3.06. The average Bonchev–Trinajstić information content (AvgIpc) is 2.54. The molecule has 2 aromatic carbocycles. The molecule has 1 fully saturated rings. The molecule has 0 atom stereocenters. The third-order valence-electron chi connectivity index (χ3n) is 4.19. The minimum Gasteiger partial charge on any atom is -0.478 e. The Balaban J connectivity index is 2.01. The van der Waals surface area contributed by atoms with Crippen LogP contribution in [0.1, 0.15) is 52.8 Å². The molecule has 0 saturated heterocycles. The zero-order valence-electron chi connectivity index (χ0n) is 12.2. The van der Waals surface area contributed by atoms with E-state index >= 15 is 0 Å². The van der Waals surface area contributed by atoms with E-state index in [0.29, 0.717) is 5.39 Å². The number of carbonyl (C=O) groups is 2. The van der Waals surface area contributed by atoms with Gasteiger partial charge in [-0.2, -0.15) is 0 Å². The van der Waals surface area contributed by atoms with Crippen LogP contribution in [0.3, 0.4) is 0 Å². The van der Waals surface area contributed by atoms with E-state index in [1.807, 2.05) is 12.1 Å². The van der Waals surface area contributed by atoms with Crippen molar-refractivity contribution in [3.8, 4) is 0 Å². The Hall–Kier alpha value is -2.36. The largest absolute Gasteiger partial charge is 0.478 e. The van der Waals surface area contributed by atoms with Gasteiger partial charge in [0.1, 0.15) is 6.10 Å². The van der Waals surface area contributed by atoms with Crippen LogP contribution in [0.5, 0.6) is 0 Å². The van der Waals surface area contributed by atoms with Crippen molar-refractivity contribution in [2.75, 3.05) is 0 Å². The van der Waals surface area contributed by atoms with Crippen molar-refractivity contribution in [1.29, 1.82) is 0 Å². The molecule has 0 amide bonds. The molecular weight excluding hydrogens is 280 g/mol. The minimum absolute atomic E-state index is 0.000454. The van der Waals surface area contributed by atoms with Crippen molar-refractivity contribution in [2.45, 2.75) is 38.2 Å². The number of carboxylic acids is 1. The highest BCUT2D eigenvalue weighted by Gasteiger charge is 2.24. The Labute approximate surface area is 128 Å². The maximum Gasteiger partial charge on any atom is 0.339 e. The van der Waals surface area contributed by atoms with Gasteiger partial charge >= 0.3 is 11.9 Å². The van der Waals surface area contributed by atoms with Gasteiger partial charge in [0.25, 0.3) is 0 Å². The number of benzene rings is 2. The molecule has 0 aromatic heterocycles. The maximum atomic E-state index is 12.6. The lowest BCUT2D eigenvalue weighted by molar-refractivity contribution is 0.0209. The molecule has 4 heteroatoms. The van der Waals surface area contributed by atoms with Crippen LogP contribution >= 0.6 is 0 Å². The van der Waals surface area contributed by atoms with Crippen molar-refractivity contribution in [1.82, 2.24) is 0 Å². The lowest BCUT2D eigenvalue weighted by Gasteiger charge is -2.22. The quantitative estimate of drug-likeness (QED) is 0.869. The number of fused-ring (bicyclic) bond motifs is 1. The lowest BCUT2D eigenvalue weighted by Crippen LogP contribution is -2.22. The standard InChI is InChI=1S/C18H18O4/c19-17(20)15-11-10-12-6-4-5-9-14(12)16(15)18(21)22-13-7-2-1-3-8-13/h4-6,9-11,13H,1-3,7-8H2,(H,19,20). The molecule has 1 aliphatic rings. The highest BCUT2D eigenvalue weighted by Crippen LogP contribution is 2.26. The molecule has 1 N–H and O–H groups in total. The zero-order valence-corrected chi connectivity index (χ0v) is 12.2. The van der Waals surface area contributed by atoms with Gasteiger partial charge in [-0.1, -0.05) is 36.8 Å². The molecule has 0 aliphatic heterocycles. The fraction of sp³-hybridized carbons (Fsp3) is 0.333. The zero-order chi connectivity index (χ0) is 15.5. The van der Waals surface area contributed by atoms with Gasteiger partial charge in [-0.25, -0.2) is 9.59 Å². The molecule has 0 unspecified atom stereocenters. The summed E-state index contributed by atoms with van der Waals surface area (Å²) in [5.74, 6) is -1.64. The molecule has 114 valence electrons. The molecule has 3 rings (SSSR count). The second-order valence-electron chi connectivity index (χ2n) is 5.68. The van der Waals surface area contributed by atoms with Crippen molar-refractivity contribution in [3.05, 3.63) is 47.5 Å². The topological polar surface area (TPSA) is 63.6 Å². The molecule has 22 heavy (non-hydrogen) atoms.